The van der Waals surface area contributed by atoms with E-state index in [9.17, 15) is 9.59 Å². The summed E-state index contributed by atoms with van der Waals surface area (Å²) in [4.78, 5) is 26.2. The molecule has 0 heterocycles. The zero-order valence-electron chi connectivity index (χ0n) is 16.3. The van der Waals surface area contributed by atoms with Crippen LogP contribution in [0.4, 0.5) is 11.4 Å². The second-order valence-electron chi connectivity index (χ2n) is 6.14. The van der Waals surface area contributed by atoms with Gasteiger partial charge in [0, 0.05) is 30.0 Å². The number of amides is 2. The van der Waals surface area contributed by atoms with Gasteiger partial charge in [-0.25, -0.2) is 0 Å². The van der Waals surface area contributed by atoms with Crippen molar-refractivity contribution in [3.8, 4) is 5.75 Å². The molecular formula is C21H27N3O3. The summed E-state index contributed by atoms with van der Waals surface area (Å²) < 4.78 is 5.18. The van der Waals surface area contributed by atoms with Gasteiger partial charge < -0.3 is 20.3 Å². The maximum absolute atomic E-state index is 12.3. The topological polar surface area (TPSA) is 70.7 Å². The van der Waals surface area contributed by atoms with Crippen molar-refractivity contribution in [3.63, 3.8) is 0 Å². The first-order chi connectivity index (χ1) is 13.0. The molecule has 0 radical (unpaired) electrons. The Morgan fingerprint density at radius 1 is 1.04 bits per heavy atom. The maximum Gasteiger partial charge on any atom is 0.253 e. The number of carbonyl (C=O) groups is 2. The van der Waals surface area contributed by atoms with Crippen molar-refractivity contribution in [1.29, 1.82) is 0 Å². The highest BCUT2D eigenvalue weighted by atomic mass is 16.5. The van der Waals surface area contributed by atoms with Gasteiger partial charge in [0.15, 0.2) is 0 Å². The fourth-order valence-corrected chi connectivity index (χ4v) is 2.73. The van der Waals surface area contributed by atoms with E-state index in [1.165, 1.54) is 0 Å². The molecule has 6 heteroatoms. The third-order valence-electron chi connectivity index (χ3n) is 4.34. The summed E-state index contributed by atoms with van der Waals surface area (Å²) in [5.74, 6) is 0.615. The molecule has 0 saturated carbocycles. The van der Waals surface area contributed by atoms with Crippen molar-refractivity contribution in [2.45, 2.75) is 20.8 Å². The van der Waals surface area contributed by atoms with Crippen LogP contribution >= 0.6 is 0 Å². The van der Waals surface area contributed by atoms with Gasteiger partial charge in [0.05, 0.1) is 13.7 Å². The molecule has 0 unspecified atom stereocenters. The van der Waals surface area contributed by atoms with Crippen LogP contribution in [0.5, 0.6) is 5.75 Å². The first-order valence-corrected chi connectivity index (χ1v) is 9.06. The van der Waals surface area contributed by atoms with Gasteiger partial charge in [-0.2, -0.15) is 0 Å². The Bertz CT molecular complexity index is 784. The normalized spacial score (nSPS) is 10.2. The van der Waals surface area contributed by atoms with Gasteiger partial charge in [0.2, 0.25) is 5.91 Å². The Balaban J connectivity index is 1.91. The molecule has 2 aromatic carbocycles. The first kappa shape index (κ1) is 20.3. The Kier molecular flexibility index (Phi) is 7.23. The van der Waals surface area contributed by atoms with Gasteiger partial charge >= 0.3 is 0 Å². The Morgan fingerprint density at radius 2 is 1.70 bits per heavy atom. The summed E-state index contributed by atoms with van der Waals surface area (Å²) in [6.07, 6.45) is 0. The molecule has 0 fully saturated rings. The average molecular weight is 369 g/mol. The predicted octanol–water partition coefficient (Wildman–Crippen LogP) is 3.54. The van der Waals surface area contributed by atoms with E-state index < -0.39 is 0 Å². The molecule has 0 bridgehead atoms. The highest BCUT2D eigenvalue weighted by molar-refractivity contribution is 5.96. The average Bonchev–Trinajstić information content (AvgIpc) is 2.68. The number of nitrogens with zero attached hydrogens (tertiary/aromatic N) is 1. The molecule has 2 N–H and O–H groups in total. The van der Waals surface area contributed by atoms with E-state index in [1.54, 1.807) is 36.3 Å². The van der Waals surface area contributed by atoms with Crippen molar-refractivity contribution in [3.05, 3.63) is 53.6 Å². The van der Waals surface area contributed by atoms with Crippen LogP contribution in [0.3, 0.4) is 0 Å². The number of hydrogen-bond donors (Lipinski definition) is 2. The highest BCUT2D eigenvalue weighted by Crippen LogP contribution is 2.20. The lowest BCUT2D eigenvalue weighted by atomic mass is 10.1. The fourth-order valence-electron chi connectivity index (χ4n) is 2.73. The van der Waals surface area contributed by atoms with Crippen molar-refractivity contribution in [1.82, 2.24) is 4.90 Å². The summed E-state index contributed by atoms with van der Waals surface area (Å²) in [6, 6.07) is 12.6. The number of carbonyl (C=O) groups excluding carboxylic acids is 2. The van der Waals surface area contributed by atoms with Crippen LogP contribution in [0.15, 0.2) is 42.5 Å². The summed E-state index contributed by atoms with van der Waals surface area (Å²) >= 11 is 0. The third kappa shape index (κ3) is 5.48. The number of rotatable bonds is 8. The van der Waals surface area contributed by atoms with Crippen LogP contribution in [-0.2, 0) is 4.79 Å². The highest BCUT2D eigenvalue weighted by Gasteiger charge is 2.12. The number of anilines is 2. The number of aryl methyl sites for hydroxylation is 1. The minimum absolute atomic E-state index is 0.00507. The summed E-state index contributed by atoms with van der Waals surface area (Å²) in [6.45, 7) is 7.34. The SMILES string of the molecule is CCN(CC)C(=O)c1ccc(NC(=O)CNc2ccc(OC)cc2C)cc1. The standard InChI is InChI=1S/C21H27N3O3/c1-5-24(6-2)21(26)16-7-9-17(10-8-16)23-20(25)14-22-19-12-11-18(27-4)13-15(19)3/h7-13,22H,5-6,14H2,1-4H3,(H,23,25). The predicted molar refractivity (Wildman–Crippen MR) is 109 cm³/mol. The van der Waals surface area contributed by atoms with E-state index in [0.717, 1.165) is 17.0 Å². The molecule has 0 aliphatic rings. The Morgan fingerprint density at radius 3 is 2.26 bits per heavy atom. The van der Waals surface area contributed by atoms with Crippen LogP contribution < -0.4 is 15.4 Å². The molecule has 0 atom stereocenters. The molecule has 0 aliphatic carbocycles. The zero-order chi connectivity index (χ0) is 19.8. The quantitative estimate of drug-likeness (QED) is 0.747. The van der Waals surface area contributed by atoms with Gasteiger partial charge in [-0.15, -0.1) is 0 Å². The molecule has 27 heavy (non-hydrogen) atoms. The number of nitrogens with one attached hydrogen (secondary N) is 2. The summed E-state index contributed by atoms with van der Waals surface area (Å²) in [7, 11) is 1.62. The van der Waals surface area contributed by atoms with Crippen molar-refractivity contribution >= 4 is 23.2 Å². The van der Waals surface area contributed by atoms with Crippen molar-refractivity contribution in [2.75, 3.05) is 37.4 Å². The minimum Gasteiger partial charge on any atom is -0.497 e. The van der Waals surface area contributed by atoms with E-state index in [1.807, 2.05) is 39.0 Å². The van der Waals surface area contributed by atoms with Gasteiger partial charge in [0.1, 0.15) is 5.75 Å². The van der Waals surface area contributed by atoms with Crippen LogP contribution in [0.2, 0.25) is 0 Å². The van der Waals surface area contributed by atoms with E-state index in [4.69, 9.17) is 4.74 Å². The molecule has 0 aromatic heterocycles. The van der Waals surface area contributed by atoms with E-state index in [2.05, 4.69) is 10.6 Å². The van der Waals surface area contributed by atoms with Gasteiger partial charge in [-0.3, -0.25) is 9.59 Å². The molecular weight excluding hydrogens is 342 g/mol. The van der Waals surface area contributed by atoms with E-state index in [-0.39, 0.29) is 18.4 Å². The number of benzene rings is 2. The molecule has 6 nitrogen and oxygen atoms in total. The molecule has 2 rings (SSSR count). The lowest BCUT2D eigenvalue weighted by molar-refractivity contribution is -0.114. The lowest BCUT2D eigenvalue weighted by Gasteiger charge is -2.18. The molecule has 0 saturated heterocycles. The molecule has 2 aromatic rings. The Hall–Kier alpha value is -3.02. The fraction of sp³-hybridized carbons (Fsp3) is 0.333. The monoisotopic (exact) mass is 369 g/mol. The second kappa shape index (κ2) is 9.62. The zero-order valence-corrected chi connectivity index (χ0v) is 16.3. The lowest BCUT2D eigenvalue weighted by Crippen LogP contribution is -2.30. The van der Waals surface area contributed by atoms with Gasteiger partial charge in [0.25, 0.3) is 5.91 Å². The van der Waals surface area contributed by atoms with Crippen molar-refractivity contribution in [2.24, 2.45) is 0 Å². The van der Waals surface area contributed by atoms with Crippen LogP contribution in [0.1, 0.15) is 29.8 Å². The maximum atomic E-state index is 12.3. The summed E-state index contributed by atoms with van der Waals surface area (Å²) in [5, 5.41) is 5.94. The van der Waals surface area contributed by atoms with Gasteiger partial charge in [-0.1, -0.05) is 0 Å². The van der Waals surface area contributed by atoms with Crippen LogP contribution in [0.25, 0.3) is 0 Å². The molecule has 0 spiro atoms. The first-order valence-electron chi connectivity index (χ1n) is 9.06. The van der Waals surface area contributed by atoms with Crippen LogP contribution in [-0.4, -0.2) is 43.5 Å². The smallest absolute Gasteiger partial charge is 0.253 e. The van der Waals surface area contributed by atoms with E-state index in [0.29, 0.717) is 24.3 Å². The molecule has 144 valence electrons. The number of methoxy groups -OCH3 is 1. The van der Waals surface area contributed by atoms with Crippen molar-refractivity contribution < 1.29 is 14.3 Å². The molecule has 2 amide bonds. The third-order valence-corrected chi connectivity index (χ3v) is 4.34. The van der Waals surface area contributed by atoms with Gasteiger partial charge in [-0.05, 0) is 68.8 Å². The van der Waals surface area contributed by atoms with Crippen LogP contribution in [0, 0.1) is 6.92 Å². The minimum atomic E-state index is -0.159. The molecule has 0 aliphatic heterocycles. The summed E-state index contributed by atoms with van der Waals surface area (Å²) in [5.41, 5.74) is 3.15. The Labute approximate surface area is 160 Å². The second-order valence-corrected chi connectivity index (χ2v) is 6.14. The number of hydrogen-bond acceptors (Lipinski definition) is 4. The van der Waals surface area contributed by atoms with E-state index >= 15 is 0 Å². The largest absolute Gasteiger partial charge is 0.497 e. The number of ether oxygens (including phenoxy) is 1.